The summed E-state index contributed by atoms with van der Waals surface area (Å²) >= 11 is 0.437. The van der Waals surface area contributed by atoms with Crippen LogP contribution in [0, 0.1) is 6.92 Å². The fourth-order valence-electron chi connectivity index (χ4n) is 1.91. The Labute approximate surface area is 146 Å². The van der Waals surface area contributed by atoms with E-state index in [1.807, 2.05) is 0 Å². The number of halogens is 6. The number of esters is 1. The summed E-state index contributed by atoms with van der Waals surface area (Å²) in [6.07, 6.45) is -9.56. The maximum absolute atomic E-state index is 12.8. The van der Waals surface area contributed by atoms with Gasteiger partial charge in [-0.3, -0.25) is 4.79 Å². The highest BCUT2D eigenvalue weighted by Crippen LogP contribution is 2.34. The van der Waals surface area contributed by atoms with E-state index in [1.54, 1.807) is 0 Å². The van der Waals surface area contributed by atoms with Gasteiger partial charge in [0.25, 0.3) is 0 Å². The van der Waals surface area contributed by atoms with E-state index in [2.05, 4.69) is 9.72 Å². The number of alkyl halides is 6. The van der Waals surface area contributed by atoms with Crippen molar-refractivity contribution in [2.45, 2.75) is 19.3 Å². The van der Waals surface area contributed by atoms with Crippen LogP contribution in [-0.2, 0) is 17.1 Å². The fraction of sp³-hybridized carbons (Fsp3) is 0.267. The molecule has 1 aromatic heterocycles. The van der Waals surface area contributed by atoms with Crippen LogP contribution in [-0.4, -0.2) is 23.3 Å². The number of nitrogens with zero attached hydrogens (tertiary/aromatic N) is 1. The maximum Gasteiger partial charge on any atom is 0.435 e. The second kappa shape index (κ2) is 7.06. The maximum atomic E-state index is 12.8. The van der Waals surface area contributed by atoms with Gasteiger partial charge in [-0.25, -0.2) is 9.78 Å². The van der Waals surface area contributed by atoms with E-state index in [9.17, 15) is 35.9 Å². The fourth-order valence-corrected chi connectivity index (χ4v) is 2.74. The quantitative estimate of drug-likeness (QED) is 0.432. The normalized spacial score (nSPS) is 12.1. The van der Waals surface area contributed by atoms with Gasteiger partial charge in [-0.05, 0) is 19.1 Å². The van der Waals surface area contributed by atoms with E-state index in [4.69, 9.17) is 0 Å². The van der Waals surface area contributed by atoms with Crippen molar-refractivity contribution in [1.82, 2.24) is 4.98 Å². The minimum atomic E-state index is -4.88. The zero-order valence-electron chi connectivity index (χ0n) is 12.9. The molecule has 0 saturated heterocycles. The van der Waals surface area contributed by atoms with Crippen LogP contribution in [0.3, 0.4) is 0 Å². The van der Waals surface area contributed by atoms with Gasteiger partial charge in [0.2, 0.25) is 0 Å². The first-order valence-electron chi connectivity index (χ1n) is 6.82. The number of ether oxygens (including phenoxy) is 1. The van der Waals surface area contributed by atoms with E-state index in [0.717, 1.165) is 18.2 Å². The average molecular weight is 397 g/mol. The molecule has 1 heterocycles. The standard InChI is InChI=1S/C15H9F6NO3S/c1-7-22-12(15(19,20)21)11(26-7)13(24)25-6-10(23)8-3-2-4-9(5-8)14(16,17)18/h2-5H,6H2,1H3. The number of hydrogen-bond donors (Lipinski definition) is 0. The summed E-state index contributed by atoms with van der Waals surface area (Å²) in [5.41, 5.74) is -2.90. The van der Waals surface area contributed by atoms with Crippen LogP contribution < -0.4 is 0 Å². The first kappa shape index (κ1) is 19.9. The van der Waals surface area contributed by atoms with Gasteiger partial charge in [0.1, 0.15) is 4.88 Å². The molecule has 140 valence electrons. The Hall–Kier alpha value is -2.43. The molecule has 0 aliphatic heterocycles. The molecule has 0 amide bonds. The molecular formula is C15H9F6NO3S. The zero-order chi connectivity index (χ0) is 19.7. The molecule has 26 heavy (non-hydrogen) atoms. The van der Waals surface area contributed by atoms with Crippen molar-refractivity contribution in [3.05, 3.63) is 51.0 Å². The predicted molar refractivity (Wildman–Crippen MR) is 77.9 cm³/mol. The molecule has 1 aromatic carbocycles. The lowest BCUT2D eigenvalue weighted by molar-refractivity contribution is -0.141. The number of thiazole rings is 1. The second-order valence-electron chi connectivity index (χ2n) is 4.99. The van der Waals surface area contributed by atoms with Crippen molar-refractivity contribution in [3.8, 4) is 0 Å². The Kier molecular flexibility index (Phi) is 5.40. The molecule has 2 rings (SSSR count). The molecule has 0 fully saturated rings. The SMILES string of the molecule is Cc1nc(C(F)(F)F)c(C(=O)OCC(=O)c2cccc(C(F)(F)F)c2)s1. The van der Waals surface area contributed by atoms with Gasteiger partial charge in [-0.2, -0.15) is 26.3 Å². The molecule has 0 N–H and O–H groups in total. The Morgan fingerprint density at radius 2 is 1.77 bits per heavy atom. The number of benzene rings is 1. The highest BCUT2D eigenvalue weighted by Gasteiger charge is 2.40. The summed E-state index contributed by atoms with van der Waals surface area (Å²) < 4.78 is 80.8. The third-order valence-electron chi connectivity index (χ3n) is 3.03. The number of Topliss-reactive ketones (excluding diaryl/α,β-unsaturated/α-hetero) is 1. The molecule has 0 saturated carbocycles. The monoisotopic (exact) mass is 397 g/mol. The molecule has 4 nitrogen and oxygen atoms in total. The molecule has 0 unspecified atom stereocenters. The number of aromatic nitrogens is 1. The molecule has 0 atom stereocenters. The van der Waals surface area contributed by atoms with Gasteiger partial charge in [-0.1, -0.05) is 12.1 Å². The van der Waals surface area contributed by atoms with Gasteiger partial charge in [0.05, 0.1) is 10.6 Å². The minimum absolute atomic E-state index is 0.0338. The highest BCUT2D eigenvalue weighted by atomic mass is 32.1. The Balaban J connectivity index is 2.12. The summed E-state index contributed by atoms with van der Waals surface area (Å²) in [4.78, 5) is 26.1. The van der Waals surface area contributed by atoms with E-state index in [-0.39, 0.29) is 10.6 Å². The first-order valence-corrected chi connectivity index (χ1v) is 7.63. The van der Waals surface area contributed by atoms with Crippen molar-refractivity contribution in [1.29, 1.82) is 0 Å². The summed E-state index contributed by atoms with van der Waals surface area (Å²) in [7, 11) is 0. The molecule has 11 heteroatoms. The number of carbonyl (C=O) groups excluding carboxylic acids is 2. The largest absolute Gasteiger partial charge is 0.453 e. The molecule has 0 spiro atoms. The topological polar surface area (TPSA) is 56.3 Å². The third kappa shape index (κ3) is 4.59. The van der Waals surface area contributed by atoms with Gasteiger partial charge in [-0.15, -0.1) is 11.3 Å². The number of rotatable bonds is 4. The van der Waals surface area contributed by atoms with Crippen molar-refractivity contribution in [2.75, 3.05) is 6.61 Å². The van der Waals surface area contributed by atoms with E-state index >= 15 is 0 Å². The number of ketones is 1. The molecular weight excluding hydrogens is 388 g/mol. The van der Waals surface area contributed by atoms with Crippen LogP contribution in [0.5, 0.6) is 0 Å². The molecule has 0 aliphatic rings. The minimum Gasteiger partial charge on any atom is -0.453 e. The van der Waals surface area contributed by atoms with E-state index in [1.165, 1.54) is 6.92 Å². The molecule has 0 aliphatic carbocycles. The van der Waals surface area contributed by atoms with Crippen LogP contribution in [0.25, 0.3) is 0 Å². The zero-order valence-corrected chi connectivity index (χ0v) is 13.7. The third-order valence-corrected chi connectivity index (χ3v) is 3.99. The van der Waals surface area contributed by atoms with Gasteiger partial charge >= 0.3 is 18.3 Å². The lowest BCUT2D eigenvalue weighted by atomic mass is 10.1. The summed E-state index contributed by atoms with van der Waals surface area (Å²) in [5.74, 6) is -2.41. The summed E-state index contributed by atoms with van der Waals surface area (Å²) in [6.45, 7) is 0.249. The summed E-state index contributed by atoms with van der Waals surface area (Å²) in [5, 5.41) is -0.0338. The van der Waals surface area contributed by atoms with Crippen LogP contribution in [0.15, 0.2) is 24.3 Å². The predicted octanol–water partition coefficient (Wildman–Crippen LogP) is 4.53. The van der Waals surface area contributed by atoms with E-state index in [0.29, 0.717) is 17.4 Å². The van der Waals surface area contributed by atoms with Crippen LogP contribution in [0.2, 0.25) is 0 Å². The highest BCUT2D eigenvalue weighted by molar-refractivity contribution is 7.13. The van der Waals surface area contributed by atoms with Crippen molar-refractivity contribution in [3.63, 3.8) is 0 Å². The number of carbonyl (C=O) groups is 2. The Morgan fingerprint density at radius 1 is 1.12 bits per heavy atom. The second-order valence-corrected chi connectivity index (χ2v) is 6.19. The lowest BCUT2D eigenvalue weighted by Gasteiger charge is -2.09. The smallest absolute Gasteiger partial charge is 0.435 e. The van der Waals surface area contributed by atoms with E-state index < -0.39 is 46.8 Å². The number of hydrogen-bond acceptors (Lipinski definition) is 5. The van der Waals surface area contributed by atoms with Gasteiger partial charge < -0.3 is 4.74 Å². The van der Waals surface area contributed by atoms with Crippen LogP contribution in [0.4, 0.5) is 26.3 Å². The number of aryl methyl sites for hydroxylation is 1. The van der Waals surface area contributed by atoms with Crippen molar-refractivity contribution in [2.24, 2.45) is 0 Å². The summed E-state index contributed by atoms with van der Waals surface area (Å²) in [6, 6.07) is 3.38. The van der Waals surface area contributed by atoms with Crippen molar-refractivity contribution < 1.29 is 40.7 Å². The van der Waals surface area contributed by atoms with Crippen LogP contribution >= 0.6 is 11.3 Å². The molecule has 0 radical (unpaired) electrons. The lowest BCUT2D eigenvalue weighted by Crippen LogP contribution is -2.17. The van der Waals surface area contributed by atoms with Crippen LogP contribution in [0.1, 0.15) is 36.3 Å². The van der Waals surface area contributed by atoms with Gasteiger partial charge in [0.15, 0.2) is 18.1 Å². The first-order chi connectivity index (χ1) is 11.9. The Morgan fingerprint density at radius 3 is 2.35 bits per heavy atom. The molecule has 0 bridgehead atoms. The Bertz CT molecular complexity index is 841. The van der Waals surface area contributed by atoms with Crippen molar-refractivity contribution >= 4 is 23.1 Å². The molecule has 2 aromatic rings. The van der Waals surface area contributed by atoms with Gasteiger partial charge in [0, 0.05) is 5.56 Å². The average Bonchev–Trinajstić information content (AvgIpc) is 2.94.